The van der Waals surface area contributed by atoms with Gasteiger partial charge in [-0.1, -0.05) is 12.1 Å². The summed E-state index contributed by atoms with van der Waals surface area (Å²) >= 11 is 0. The number of halogens is 3. The number of primary amides is 1. The van der Waals surface area contributed by atoms with Crippen LogP contribution in [0.15, 0.2) is 24.3 Å². The van der Waals surface area contributed by atoms with E-state index in [0.29, 0.717) is 52.0 Å². The van der Waals surface area contributed by atoms with E-state index in [9.17, 15) is 22.2 Å². The summed E-state index contributed by atoms with van der Waals surface area (Å²) in [5, 5.41) is 0. The fraction of sp³-hybridized carbons (Fsp3) is 0.632. The molecule has 1 unspecified atom stereocenters. The fourth-order valence-electron chi connectivity index (χ4n) is 3.62. The van der Waals surface area contributed by atoms with Crippen molar-refractivity contribution < 1.29 is 36.4 Å². The van der Waals surface area contributed by atoms with Crippen molar-refractivity contribution in [3.8, 4) is 5.75 Å². The van der Waals surface area contributed by atoms with E-state index in [1.54, 1.807) is 4.31 Å². The predicted molar refractivity (Wildman–Crippen MR) is 103 cm³/mol. The minimum Gasteiger partial charge on any atom is -0.406 e. The van der Waals surface area contributed by atoms with Crippen LogP contribution in [0.2, 0.25) is 0 Å². The number of amides is 1. The van der Waals surface area contributed by atoms with Gasteiger partial charge in [-0.2, -0.15) is 0 Å². The number of alkyl halides is 3. The molecule has 30 heavy (non-hydrogen) atoms. The van der Waals surface area contributed by atoms with Crippen molar-refractivity contribution in [3.63, 3.8) is 0 Å². The van der Waals surface area contributed by atoms with Gasteiger partial charge in [-0.15, -0.1) is 13.2 Å². The van der Waals surface area contributed by atoms with Gasteiger partial charge in [0.05, 0.1) is 12.7 Å². The molecule has 2 fully saturated rings. The average Bonchev–Trinajstić information content (AvgIpc) is 2.72. The Balaban J connectivity index is 1.47. The molecule has 1 amide bonds. The van der Waals surface area contributed by atoms with E-state index in [2.05, 4.69) is 4.74 Å². The van der Waals surface area contributed by atoms with Gasteiger partial charge in [0.1, 0.15) is 21.5 Å². The van der Waals surface area contributed by atoms with Crippen LogP contribution in [-0.4, -0.2) is 57.9 Å². The van der Waals surface area contributed by atoms with Crippen molar-refractivity contribution in [2.75, 3.05) is 26.3 Å². The molecule has 168 valence electrons. The zero-order valence-corrected chi connectivity index (χ0v) is 17.2. The summed E-state index contributed by atoms with van der Waals surface area (Å²) in [5.41, 5.74) is 6.31. The largest absolute Gasteiger partial charge is 0.573 e. The highest BCUT2D eigenvalue weighted by molar-refractivity contribution is 7.85. The van der Waals surface area contributed by atoms with Crippen molar-refractivity contribution in [1.82, 2.24) is 4.31 Å². The molecular weight excluding hydrogens is 425 g/mol. The molecule has 7 nitrogen and oxygen atoms in total. The maximum absolute atomic E-state index is 13.1. The molecule has 11 heteroatoms. The Morgan fingerprint density at radius 2 is 1.80 bits per heavy atom. The second-order valence-electron chi connectivity index (χ2n) is 7.35. The number of benzene rings is 1. The van der Waals surface area contributed by atoms with E-state index in [1.165, 1.54) is 24.3 Å². The van der Waals surface area contributed by atoms with Crippen molar-refractivity contribution in [3.05, 3.63) is 29.8 Å². The smallest absolute Gasteiger partial charge is 0.406 e. The van der Waals surface area contributed by atoms with Crippen molar-refractivity contribution in [1.29, 1.82) is 0 Å². The Morgan fingerprint density at radius 1 is 1.20 bits per heavy atom. The highest BCUT2D eigenvalue weighted by atomic mass is 32.2. The molecule has 1 aromatic rings. The molecule has 1 atom stereocenters. The topological polar surface area (TPSA) is 91.1 Å². The van der Waals surface area contributed by atoms with E-state index < -0.39 is 28.0 Å². The molecule has 3 rings (SSSR count). The van der Waals surface area contributed by atoms with Gasteiger partial charge >= 0.3 is 6.36 Å². The molecule has 1 aromatic carbocycles. The summed E-state index contributed by atoms with van der Waals surface area (Å²) in [6.07, 6.45) is -2.83. The Kier molecular flexibility index (Phi) is 7.38. The average molecular weight is 450 g/mol. The number of hydrogen-bond acceptors (Lipinski definition) is 5. The number of carbonyl (C=O) groups is 1. The van der Waals surface area contributed by atoms with Crippen molar-refractivity contribution in [2.24, 2.45) is 5.73 Å². The third kappa shape index (κ3) is 5.71. The van der Waals surface area contributed by atoms with Crippen LogP contribution in [0.25, 0.3) is 0 Å². The second-order valence-corrected chi connectivity index (χ2v) is 9.15. The molecule has 0 spiro atoms. The zero-order chi connectivity index (χ0) is 21.8. The van der Waals surface area contributed by atoms with Gasteiger partial charge in [0.15, 0.2) is 0 Å². The van der Waals surface area contributed by atoms with E-state index in [0.717, 1.165) is 5.56 Å². The quantitative estimate of drug-likeness (QED) is 0.688. The number of rotatable bonds is 7. The van der Waals surface area contributed by atoms with Crippen LogP contribution in [0.4, 0.5) is 13.2 Å². The second kappa shape index (κ2) is 9.63. The summed E-state index contributed by atoms with van der Waals surface area (Å²) in [6, 6.07) is 5.53. The molecule has 0 bridgehead atoms. The summed E-state index contributed by atoms with van der Waals surface area (Å²) < 4.78 is 65.4. The Morgan fingerprint density at radius 3 is 2.33 bits per heavy atom. The van der Waals surface area contributed by atoms with Crippen LogP contribution < -0.4 is 10.5 Å². The van der Waals surface area contributed by atoms with Gasteiger partial charge < -0.3 is 19.9 Å². The summed E-state index contributed by atoms with van der Waals surface area (Å²) in [7, 11) is -1.53. The van der Waals surface area contributed by atoms with Crippen LogP contribution in [0.1, 0.15) is 31.2 Å². The molecule has 2 aliphatic rings. The van der Waals surface area contributed by atoms with Crippen LogP contribution in [0.5, 0.6) is 5.75 Å². The molecule has 2 aliphatic heterocycles. The number of hydrogen-bond donors (Lipinski definition) is 1. The van der Waals surface area contributed by atoms with Crippen LogP contribution >= 0.6 is 0 Å². The summed E-state index contributed by atoms with van der Waals surface area (Å²) in [6.45, 7) is 1.99. The number of carbonyl (C=O) groups excluding carboxylic acids is 1. The zero-order valence-electron chi connectivity index (χ0n) is 16.4. The highest BCUT2D eigenvalue weighted by Crippen LogP contribution is 2.31. The molecular formula is C19H25F3N2O5S. The minimum absolute atomic E-state index is 0.0661. The first kappa shape index (κ1) is 23.0. The molecule has 0 aliphatic carbocycles. The first-order valence-electron chi connectivity index (χ1n) is 9.70. The van der Waals surface area contributed by atoms with Crippen LogP contribution in [-0.2, 0) is 31.9 Å². The van der Waals surface area contributed by atoms with Gasteiger partial charge in [-0.3, -0.25) is 4.79 Å². The maximum Gasteiger partial charge on any atom is 0.573 e. The molecule has 2 saturated heterocycles. The van der Waals surface area contributed by atoms with Crippen molar-refractivity contribution >= 4 is 16.9 Å². The predicted octanol–water partition coefficient (Wildman–Crippen LogP) is 2.26. The van der Waals surface area contributed by atoms with Crippen LogP contribution in [0, 0.1) is 0 Å². The Bertz CT molecular complexity index is 746. The lowest BCUT2D eigenvalue weighted by atomic mass is 9.98. The normalized spacial score (nSPS) is 21.8. The first-order valence-corrected chi connectivity index (χ1v) is 10.8. The SMILES string of the molecule is NC(=O)C1(S(=O)N2CCC(OCc3ccc(OC(F)(F)F)cc3)CC2)CCOCC1. The Labute approximate surface area is 175 Å². The number of ether oxygens (including phenoxy) is 3. The lowest BCUT2D eigenvalue weighted by Gasteiger charge is -2.39. The van der Waals surface area contributed by atoms with Crippen LogP contribution in [0.3, 0.4) is 0 Å². The Hall–Kier alpha value is -1.69. The summed E-state index contributed by atoms with van der Waals surface area (Å²) in [4.78, 5) is 12.0. The summed E-state index contributed by atoms with van der Waals surface area (Å²) in [5.74, 6) is -0.834. The minimum atomic E-state index is -4.72. The number of piperidine rings is 1. The standard InChI is InChI=1S/C19H25F3N2O5S/c20-19(21,22)29-16-3-1-14(2-4-16)13-28-15-5-9-24(10-6-15)30(26)18(17(23)25)7-11-27-12-8-18/h1-4,15H,5-13H2,(H2,23,25). The monoisotopic (exact) mass is 450 g/mol. The van der Waals surface area contributed by atoms with Crippen molar-refractivity contribution in [2.45, 2.75) is 49.5 Å². The molecule has 2 heterocycles. The lowest BCUT2D eigenvalue weighted by molar-refractivity contribution is -0.274. The molecule has 0 radical (unpaired) electrons. The lowest BCUT2D eigenvalue weighted by Crippen LogP contribution is -2.56. The fourth-order valence-corrected chi connectivity index (χ4v) is 5.35. The highest BCUT2D eigenvalue weighted by Gasteiger charge is 2.47. The number of nitrogens with two attached hydrogens (primary N) is 1. The third-order valence-corrected chi connectivity index (χ3v) is 7.47. The number of nitrogens with zero attached hydrogens (tertiary/aromatic N) is 1. The van der Waals surface area contributed by atoms with Gasteiger partial charge in [0, 0.05) is 26.3 Å². The van der Waals surface area contributed by atoms with E-state index in [-0.39, 0.29) is 18.5 Å². The van der Waals surface area contributed by atoms with Gasteiger partial charge in [0.2, 0.25) is 5.91 Å². The molecule has 2 N–H and O–H groups in total. The third-order valence-electron chi connectivity index (χ3n) is 5.36. The van der Waals surface area contributed by atoms with E-state index >= 15 is 0 Å². The van der Waals surface area contributed by atoms with Gasteiger partial charge in [-0.25, -0.2) is 8.51 Å². The van der Waals surface area contributed by atoms with Gasteiger partial charge in [0.25, 0.3) is 0 Å². The maximum atomic E-state index is 13.1. The molecule has 0 aromatic heterocycles. The first-order chi connectivity index (χ1) is 14.2. The van der Waals surface area contributed by atoms with E-state index in [4.69, 9.17) is 15.2 Å². The molecule has 0 saturated carbocycles. The van der Waals surface area contributed by atoms with Gasteiger partial charge in [-0.05, 0) is 43.4 Å². The van der Waals surface area contributed by atoms with E-state index in [1.807, 2.05) is 0 Å².